The van der Waals surface area contributed by atoms with Crippen LogP contribution in [0, 0.1) is 0 Å². The van der Waals surface area contributed by atoms with Crippen LogP contribution in [0.25, 0.3) is 0 Å². The van der Waals surface area contributed by atoms with E-state index in [0.29, 0.717) is 5.56 Å². The molecule has 11 heteroatoms. The number of aromatic amines is 2. The van der Waals surface area contributed by atoms with Crippen molar-refractivity contribution >= 4 is 0 Å². The first-order valence-electron chi connectivity index (χ1n) is 9.83. The van der Waals surface area contributed by atoms with Crippen molar-refractivity contribution in [2.75, 3.05) is 7.11 Å². The molecule has 0 spiro atoms. The predicted molar refractivity (Wildman–Crippen MR) is 119 cm³/mol. The van der Waals surface area contributed by atoms with Gasteiger partial charge in [-0.15, -0.1) is 13.2 Å². The molecule has 0 unspecified atom stereocenters. The summed E-state index contributed by atoms with van der Waals surface area (Å²) in [6.07, 6.45) is 2.74. The van der Waals surface area contributed by atoms with Crippen LogP contribution in [0.15, 0.2) is 62.7 Å². The molecule has 3 aromatic rings. The molecule has 1 aliphatic heterocycles. The quantitative estimate of drug-likeness (QED) is 0.366. The molecule has 0 aliphatic carbocycles. The summed E-state index contributed by atoms with van der Waals surface area (Å²) in [7, 11) is 1.41. The fourth-order valence-corrected chi connectivity index (χ4v) is 3.92. The Morgan fingerprint density at radius 1 is 1.06 bits per heavy atom. The zero-order valence-corrected chi connectivity index (χ0v) is 17.6. The summed E-state index contributed by atoms with van der Waals surface area (Å²) in [5.74, 6) is -1.62. The first-order valence-corrected chi connectivity index (χ1v) is 9.83. The van der Waals surface area contributed by atoms with Crippen molar-refractivity contribution in [2.24, 2.45) is 0 Å². The summed E-state index contributed by atoms with van der Waals surface area (Å²) in [4.78, 5) is 55.8. The van der Waals surface area contributed by atoms with Gasteiger partial charge in [-0.05, 0) is 6.07 Å². The smallest absolute Gasteiger partial charge is 0.331 e. The van der Waals surface area contributed by atoms with Gasteiger partial charge in [0.1, 0.15) is 0 Å². The van der Waals surface area contributed by atoms with Crippen LogP contribution in [-0.2, 0) is 13.1 Å². The third kappa shape index (κ3) is 3.30. The third-order valence-electron chi connectivity index (χ3n) is 5.34. The molecule has 1 aromatic carbocycles. The molecule has 33 heavy (non-hydrogen) atoms. The topological polar surface area (TPSA) is 148 Å². The van der Waals surface area contributed by atoms with Crippen LogP contribution in [0.5, 0.6) is 23.3 Å². The number of hydrogen-bond acceptors (Lipinski definition) is 7. The van der Waals surface area contributed by atoms with Crippen LogP contribution in [0.3, 0.4) is 0 Å². The minimum atomic E-state index is -1.19. The summed E-state index contributed by atoms with van der Waals surface area (Å²) in [5.41, 5.74) is -3.28. The monoisotopic (exact) mass is 452 g/mol. The second kappa shape index (κ2) is 8.19. The molecule has 0 saturated heterocycles. The van der Waals surface area contributed by atoms with Crippen LogP contribution in [-0.4, -0.2) is 31.3 Å². The van der Waals surface area contributed by atoms with E-state index in [1.165, 1.54) is 19.3 Å². The van der Waals surface area contributed by atoms with Crippen molar-refractivity contribution < 1.29 is 14.6 Å². The maximum Gasteiger partial charge on any atom is 0.331 e. The van der Waals surface area contributed by atoms with Crippen molar-refractivity contribution in [3.63, 3.8) is 0 Å². The van der Waals surface area contributed by atoms with Gasteiger partial charge in [0.05, 0.1) is 24.2 Å². The largest absolute Gasteiger partial charge is 0.494 e. The Bertz CT molecular complexity index is 1520. The molecule has 1 aliphatic rings. The first kappa shape index (κ1) is 21.7. The van der Waals surface area contributed by atoms with E-state index in [4.69, 9.17) is 9.47 Å². The number of rotatable bonds is 6. The summed E-state index contributed by atoms with van der Waals surface area (Å²) in [6.45, 7) is 6.91. The molecule has 4 rings (SSSR count). The van der Waals surface area contributed by atoms with E-state index in [1.807, 2.05) is 0 Å². The average Bonchev–Trinajstić information content (AvgIpc) is 2.78. The van der Waals surface area contributed by atoms with E-state index in [9.17, 15) is 24.3 Å². The van der Waals surface area contributed by atoms with Gasteiger partial charge in [0, 0.05) is 18.7 Å². The number of nitrogens with zero attached hydrogens (tertiary/aromatic N) is 2. The lowest BCUT2D eigenvalue weighted by atomic mass is 9.84. The van der Waals surface area contributed by atoms with Crippen molar-refractivity contribution in [1.29, 1.82) is 0 Å². The normalized spacial score (nSPS) is 14.0. The number of fused-ring (bicyclic) bond motifs is 2. The fraction of sp³-hybridized carbons (Fsp3) is 0.182. The highest BCUT2D eigenvalue weighted by Gasteiger charge is 2.38. The zero-order valence-electron chi connectivity index (χ0n) is 17.6. The van der Waals surface area contributed by atoms with Crippen molar-refractivity contribution in [2.45, 2.75) is 19.0 Å². The van der Waals surface area contributed by atoms with E-state index in [2.05, 4.69) is 23.1 Å². The molecule has 0 saturated carbocycles. The second-order valence-corrected chi connectivity index (χ2v) is 7.19. The number of aromatic hydroxyl groups is 1. The number of nitrogens with one attached hydrogen (secondary N) is 2. The standard InChI is InChI=1S/C22H20N4O7/c1-4-9-25-19(28)14(17(27)23-21(25)30)13-11-7-6-8-12(32-3)16(11)33-18-15(13)20(29)26(10-5-2)22(31)24-18/h4-8,13,28H,1-2,9-10H2,3H3,(H,24,31)(H,23,27,30)/t13-/m1/s1. The van der Waals surface area contributed by atoms with E-state index in [-0.39, 0.29) is 41.6 Å². The van der Waals surface area contributed by atoms with E-state index in [1.54, 1.807) is 18.2 Å². The van der Waals surface area contributed by atoms with Crippen LogP contribution < -0.4 is 32.0 Å². The molecular weight excluding hydrogens is 432 g/mol. The molecule has 170 valence electrons. The minimum absolute atomic E-state index is 0.0954. The van der Waals surface area contributed by atoms with Crippen molar-refractivity contribution in [3.05, 3.63) is 102 Å². The molecule has 3 heterocycles. The van der Waals surface area contributed by atoms with Gasteiger partial charge in [-0.2, -0.15) is 0 Å². The van der Waals surface area contributed by atoms with Crippen LogP contribution in [0.2, 0.25) is 0 Å². The molecular formula is C22H20N4O7. The average molecular weight is 452 g/mol. The van der Waals surface area contributed by atoms with Gasteiger partial charge in [-0.3, -0.25) is 28.7 Å². The van der Waals surface area contributed by atoms with Gasteiger partial charge in [0.15, 0.2) is 11.5 Å². The fourth-order valence-electron chi connectivity index (χ4n) is 3.92. The lowest BCUT2D eigenvalue weighted by Crippen LogP contribution is -2.41. The zero-order chi connectivity index (χ0) is 23.9. The molecule has 11 nitrogen and oxygen atoms in total. The SMILES string of the molecule is C=CCn1c(O)c([C@H]2c3cccc(OC)c3Oc3[nH]c(=O)n(CC=C)c(=O)c32)c(=O)[nH]c1=O. The highest BCUT2D eigenvalue weighted by molar-refractivity contribution is 5.61. The summed E-state index contributed by atoms with van der Waals surface area (Å²) in [5, 5.41) is 11.0. The lowest BCUT2D eigenvalue weighted by molar-refractivity contribution is 0.356. The number of para-hydroxylation sites is 1. The van der Waals surface area contributed by atoms with Gasteiger partial charge < -0.3 is 14.6 Å². The molecule has 0 amide bonds. The Labute approximate surface area is 185 Å². The number of methoxy groups -OCH3 is 1. The number of H-pyrrole nitrogens is 2. The maximum atomic E-state index is 13.4. The highest BCUT2D eigenvalue weighted by atomic mass is 16.5. The number of aromatic nitrogens is 4. The Kier molecular flexibility index (Phi) is 5.38. The number of benzene rings is 1. The van der Waals surface area contributed by atoms with Gasteiger partial charge in [-0.1, -0.05) is 24.3 Å². The molecule has 0 fully saturated rings. The molecule has 0 bridgehead atoms. The summed E-state index contributed by atoms with van der Waals surface area (Å²) in [6, 6.07) is 4.81. The Hall–Kier alpha value is -4.54. The number of allylic oxidation sites excluding steroid dienone is 2. The van der Waals surface area contributed by atoms with Crippen molar-refractivity contribution in [3.8, 4) is 23.3 Å². The Morgan fingerprint density at radius 2 is 1.73 bits per heavy atom. The summed E-state index contributed by atoms with van der Waals surface area (Å²) >= 11 is 0. The van der Waals surface area contributed by atoms with E-state index in [0.717, 1.165) is 9.13 Å². The molecule has 2 aromatic heterocycles. The minimum Gasteiger partial charge on any atom is -0.494 e. The summed E-state index contributed by atoms with van der Waals surface area (Å²) < 4.78 is 13.0. The van der Waals surface area contributed by atoms with Gasteiger partial charge in [-0.25, -0.2) is 9.59 Å². The first-order chi connectivity index (χ1) is 15.8. The molecule has 1 atom stereocenters. The predicted octanol–water partition coefficient (Wildman–Crippen LogP) is 0.759. The molecule has 0 radical (unpaired) electrons. The van der Waals surface area contributed by atoms with Crippen LogP contribution >= 0.6 is 0 Å². The van der Waals surface area contributed by atoms with Gasteiger partial charge in [0.2, 0.25) is 11.8 Å². The van der Waals surface area contributed by atoms with Crippen molar-refractivity contribution in [1.82, 2.24) is 19.1 Å². The van der Waals surface area contributed by atoms with Gasteiger partial charge >= 0.3 is 11.4 Å². The Morgan fingerprint density at radius 3 is 2.39 bits per heavy atom. The van der Waals surface area contributed by atoms with Gasteiger partial charge in [0.25, 0.3) is 11.1 Å². The lowest BCUT2D eigenvalue weighted by Gasteiger charge is -2.28. The third-order valence-corrected chi connectivity index (χ3v) is 5.34. The second-order valence-electron chi connectivity index (χ2n) is 7.19. The van der Waals surface area contributed by atoms with E-state index < -0.39 is 34.3 Å². The maximum absolute atomic E-state index is 13.4. The highest BCUT2D eigenvalue weighted by Crippen LogP contribution is 2.49. The van der Waals surface area contributed by atoms with Crippen LogP contribution in [0.1, 0.15) is 22.6 Å². The van der Waals surface area contributed by atoms with E-state index >= 15 is 0 Å². The number of ether oxygens (including phenoxy) is 2. The molecule has 3 N–H and O–H groups in total. The van der Waals surface area contributed by atoms with Crippen LogP contribution in [0.4, 0.5) is 0 Å². The Balaban J connectivity index is 2.17. The number of hydrogen-bond donors (Lipinski definition) is 3.